The molecule has 0 bridgehead atoms. The molecule has 1 N–H and O–H groups in total. The molecule has 1 heterocycles. The minimum Gasteiger partial charge on any atom is -0.462 e. The van der Waals surface area contributed by atoms with Gasteiger partial charge in [-0.25, -0.2) is 4.79 Å². The summed E-state index contributed by atoms with van der Waals surface area (Å²) < 4.78 is 5.30. The molecule has 1 aliphatic rings. The second-order valence-electron chi connectivity index (χ2n) is 8.89. The quantitative estimate of drug-likeness (QED) is 0.328. The zero-order valence-corrected chi connectivity index (χ0v) is 21.5. The lowest BCUT2D eigenvalue weighted by molar-refractivity contribution is -0.129. The molecular weight excluding hydrogens is 468 g/mol. The standard InChI is InChI=1S/C26H28N2O4S2/c1-6-32-24(31)18-9-13-20(14-10-18)27-22(29)16(2)28-23(30)21(34-25(28)33)15-17-7-11-19(12-8-17)26(3,4)5/h7-16H,6H2,1-5H3,(H,27,29)/b21-15-. The lowest BCUT2D eigenvalue weighted by Gasteiger charge is -2.22. The van der Waals surface area contributed by atoms with Gasteiger partial charge in [0, 0.05) is 5.69 Å². The number of thioether (sulfide) groups is 1. The number of benzene rings is 2. The maximum atomic E-state index is 13.0. The number of carbonyl (C=O) groups is 3. The van der Waals surface area contributed by atoms with Crippen LogP contribution in [0.3, 0.4) is 0 Å². The average Bonchev–Trinajstić information content (AvgIpc) is 3.06. The van der Waals surface area contributed by atoms with Crippen LogP contribution in [0, 0.1) is 0 Å². The van der Waals surface area contributed by atoms with Crippen LogP contribution in [0.1, 0.15) is 56.1 Å². The molecule has 2 aromatic rings. The lowest BCUT2D eigenvalue weighted by Crippen LogP contribution is -2.44. The number of amides is 2. The van der Waals surface area contributed by atoms with Gasteiger partial charge in [-0.15, -0.1) is 0 Å². The first-order valence-electron chi connectivity index (χ1n) is 11.0. The van der Waals surface area contributed by atoms with Gasteiger partial charge in [-0.05, 0) is 60.7 Å². The summed E-state index contributed by atoms with van der Waals surface area (Å²) in [5.41, 5.74) is 3.05. The van der Waals surface area contributed by atoms with Crippen molar-refractivity contribution in [3.63, 3.8) is 0 Å². The summed E-state index contributed by atoms with van der Waals surface area (Å²) in [5.74, 6) is -1.10. The number of hydrogen-bond acceptors (Lipinski definition) is 6. The summed E-state index contributed by atoms with van der Waals surface area (Å²) in [4.78, 5) is 39.5. The predicted molar refractivity (Wildman–Crippen MR) is 141 cm³/mol. The zero-order chi connectivity index (χ0) is 25.0. The van der Waals surface area contributed by atoms with Crippen LogP contribution >= 0.6 is 24.0 Å². The number of ether oxygens (including phenoxy) is 1. The van der Waals surface area contributed by atoms with Crippen molar-refractivity contribution in [2.24, 2.45) is 0 Å². The molecule has 8 heteroatoms. The van der Waals surface area contributed by atoms with Gasteiger partial charge in [0.15, 0.2) is 0 Å². The molecule has 2 aromatic carbocycles. The van der Waals surface area contributed by atoms with Gasteiger partial charge in [0.2, 0.25) is 5.91 Å². The Morgan fingerprint density at radius 3 is 2.29 bits per heavy atom. The Labute approximate surface area is 209 Å². The maximum Gasteiger partial charge on any atom is 0.338 e. The average molecular weight is 497 g/mol. The number of anilines is 1. The van der Waals surface area contributed by atoms with E-state index in [2.05, 4.69) is 38.2 Å². The summed E-state index contributed by atoms with van der Waals surface area (Å²) in [6.07, 6.45) is 1.80. The maximum absolute atomic E-state index is 13.0. The molecule has 1 unspecified atom stereocenters. The van der Waals surface area contributed by atoms with Crippen molar-refractivity contribution >= 4 is 57.8 Å². The first kappa shape index (κ1) is 25.6. The molecule has 0 aliphatic carbocycles. The first-order chi connectivity index (χ1) is 16.0. The fourth-order valence-electron chi connectivity index (χ4n) is 3.31. The summed E-state index contributed by atoms with van der Waals surface area (Å²) in [6, 6.07) is 13.6. The van der Waals surface area contributed by atoms with Crippen LogP contribution in [0.15, 0.2) is 53.4 Å². The van der Waals surface area contributed by atoms with Crippen LogP contribution in [0.4, 0.5) is 5.69 Å². The minimum absolute atomic E-state index is 0.0455. The van der Waals surface area contributed by atoms with E-state index in [0.29, 0.717) is 20.5 Å². The van der Waals surface area contributed by atoms with Gasteiger partial charge in [0.1, 0.15) is 10.4 Å². The summed E-state index contributed by atoms with van der Waals surface area (Å²) >= 11 is 6.59. The van der Waals surface area contributed by atoms with Crippen molar-refractivity contribution in [2.75, 3.05) is 11.9 Å². The molecule has 0 saturated carbocycles. The number of thiocarbonyl (C=S) groups is 1. The normalized spacial score (nSPS) is 16.0. The highest BCUT2D eigenvalue weighted by atomic mass is 32.2. The van der Waals surface area contributed by atoms with Gasteiger partial charge < -0.3 is 10.1 Å². The Morgan fingerprint density at radius 2 is 1.74 bits per heavy atom. The number of rotatable bonds is 6. The molecule has 3 rings (SSSR count). The van der Waals surface area contributed by atoms with Crippen molar-refractivity contribution in [3.05, 3.63) is 70.1 Å². The van der Waals surface area contributed by atoms with Gasteiger partial charge in [0.05, 0.1) is 17.1 Å². The fourth-order valence-corrected chi connectivity index (χ4v) is 4.73. The molecule has 0 spiro atoms. The van der Waals surface area contributed by atoms with E-state index in [1.807, 2.05) is 12.1 Å². The van der Waals surface area contributed by atoms with Gasteiger partial charge in [0.25, 0.3) is 5.91 Å². The van der Waals surface area contributed by atoms with Crippen molar-refractivity contribution < 1.29 is 19.1 Å². The molecule has 34 heavy (non-hydrogen) atoms. The molecule has 2 amide bonds. The Kier molecular flexibility index (Phi) is 7.94. The largest absolute Gasteiger partial charge is 0.462 e. The number of esters is 1. The zero-order valence-electron chi connectivity index (χ0n) is 19.9. The van der Waals surface area contributed by atoms with Crippen LogP contribution in [-0.2, 0) is 19.7 Å². The highest BCUT2D eigenvalue weighted by Crippen LogP contribution is 2.34. The van der Waals surface area contributed by atoms with E-state index in [9.17, 15) is 14.4 Å². The molecule has 1 saturated heterocycles. The lowest BCUT2D eigenvalue weighted by atomic mass is 9.87. The third-order valence-electron chi connectivity index (χ3n) is 5.33. The van der Waals surface area contributed by atoms with E-state index in [0.717, 1.165) is 5.56 Å². The van der Waals surface area contributed by atoms with E-state index in [-0.39, 0.29) is 23.8 Å². The van der Waals surface area contributed by atoms with Crippen LogP contribution in [0.5, 0.6) is 0 Å². The SMILES string of the molecule is CCOC(=O)c1ccc(NC(=O)C(C)N2C(=O)/C(=C/c3ccc(C(C)(C)C)cc3)SC2=S)cc1. The van der Waals surface area contributed by atoms with Gasteiger partial charge in [-0.1, -0.05) is 69.0 Å². The van der Waals surface area contributed by atoms with E-state index in [1.165, 1.54) is 22.2 Å². The smallest absolute Gasteiger partial charge is 0.338 e. The van der Waals surface area contributed by atoms with Gasteiger partial charge >= 0.3 is 5.97 Å². The Hall–Kier alpha value is -2.97. The molecule has 1 fully saturated rings. The molecule has 1 atom stereocenters. The second kappa shape index (κ2) is 10.5. The topological polar surface area (TPSA) is 75.7 Å². The van der Waals surface area contributed by atoms with E-state index in [1.54, 1.807) is 44.2 Å². The summed E-state index contributed by atoms with van der Waals surface area (Å²) in [5, 5.41) is 2.77. The Bertz CT molecular complexity index is 1130. The third-order valence-corrected chi connectivity index (χ3v) is 6.66. The van der Waals surface area contributed by atoms with Crippen molar-refractivity contribution in [1.29, 1.82) is 0 Å². The first-order valence-corrected chi connectivity index (χ1v) is 12.2. The van der Waals surface area contributed by atoms with Gasteiger partial charge in [-0.2, -0.15) is 0 Å². The highest BCUT2D eigenvalue weighted by molar-refractivity contribution is 8.26. The number of hydrogen-bond donors (Lipinski definition) is 1. The fraction of sp³-hybridized carbons (Fsp3) is 0.308. The van der Waals surface area contributed by atoms with Crippen LogP contribution in [0.25, 0.3) is 6.08 Å². The molecule has 0 aromatic heterocycles. The van der Waals surface area contributed by atoms with Crippen LogP contribution in [-0.4, -0.2) is 39.7 Å². The monoisotopic (exact) mass is 496 g/mol. The van der Waals surface area contributed by atoms with Crippen LogP contribution in [0.2, 0.25) is 0 Å². The Morgan fingerprint density at radius 1 is 1.12 bits per heavy atom. The van der Waals surface area contributed by atoms with Crippen molar-refractivity contribution in [3.8, 4) is 0 Å². The Balaban J connectivity index is 1.69. The highest BCUT2D eigenvalue weighted by Gasteiger charge is 2.38. The van der Waals surface area contributed by atoms with E-state index < -0.39 is 12.0 Å². The van der Waals surface area contributed by atoms with Crippen molar-refractivity contribution in [1.82, 2.24) is 4.90 Å². The van der Waals surface area contributed by atoms with Crippen molar-refractivity contribution in [2.45, 2.75) is 46.1 Å². The number of carbonyl (C=O) groups excluding carboxylic acids is 3. The molecule has 0 radical (unpaired) electrons. The third kappa shape index (κ3) is 5.93. The van der Waals surface area contributed by atoms with E-state index >= 15 is 0 Å². The summed E-state index contributed by atoms with van der Waals surface area (Å²) in [6.45, 7) is 10.1. The minimum atomic E-state index is -0.800. The van der Waals surface area contributed by atoms with Gasteiger partial charge in [-0.3, -0.25) is 14.5 Å². The second-order valence-corrected chi connectivity index (χ2v) is 10.6. The predicted octanol–water partition coefficient (Wildman–Crippen LogP) is 5.39. The molecule has 178 valence electrons. The van der Waals surface area contributed by atoms with E-state index in [4.69, 9.17) is 17.0 Å². The molecule has 1 aliphatic heterocycles. The summed E-state index contributed by atoms with van der Waals surface area (Å²) in [7, 11) is 0. The molecule has 6 nitrogen and oxygen atoms in total. The number of nitrogens with zero attached hydrogens (tertiary/aromatic N) is 1. The number of nitrogens with one attached hydrogen (secondary N) is 1. The molecular formula is C26H28N2O4S2. The van der Waals surface area contributed by atoms with Crippen LogP contribution < -0.4 is 5.32 Å².